The Morgan fingerprint density at radius 2 is 1.83 bits per heavy atom. The monoisotopic (exact) mass is 407 g/mol. The van der Waals surface area contributed by atoms with E-state index in [2.05, 4.69) is 74.3 Å². The molecule has 1 fully saturated rings. The predicted octanol–water partition coefficient (Wildman–Crippen LogP) is 4.79. The van der Waals surface area contributed by atoms with Crippen molar-refractivity contribution in [3.05, 3.63) is 59.2 Å². The fraction of sp³-hybridized carbons (Fsp3) is 0.440. The zero-order valence-electron chi connectivity index (χ0n) is 18.6. The molecule has 2 atom stereocenters. The summed E-state index contributed by atoms with van der Waals surface area (Å²) in [6.07, 6.45) is 2.34. The highest BCUT2D eigenvalue weighted by Crippen LogP contribution is 2.47. The molecule has 30 heavy (non-hydrogen) atoms. The Bertz CT molecular complexity index is 909. The molecule has 2 aromatic rings. The number of hydrazone groups is 1. The van der Waals surface area contributed by atoms with Gasteiger partial charge in [0.05, 0.1) is 6.21 Å². The average Bonchev–Trinajstić information content (AvgIpc) is 3.51. The van der Waals surface area contributed by atoms with E-state index in [1.54, 1.807) is 6.07 Å². The van der Waals surface area contributed by atoms with Gasteiger partial charge in [-0.2, -0.15) is 5.10 Å². The average molecular weight is 408 g/mol. The minimum Gasteiger partial charge on any atom is -0.507 e. The van der Waals surface area contributed by atoms with Crippen molar-refractivity contribution < 1.29 is 9.90 Å². The molecule has 2 aromatic carbocycles. The van der Waals surface area contributed by atoms with E-state index >= 15 is 0 Å². The van der Waals surface area contributed by atoms with Crippen LogP contribution in [0.25, 0.3) is 0 Å². The number of phenolic OH excluding ortho intramolecular Hbond substituents is 1. The maximum Gasteiger partial charge on any atom is 0.243 e. The summed E-state index contributed by atoms with van der Waals surface area (Å²) in [7, 11) is 0. The van der Waals surface area contributed by atoms with E-state index in [1.807, 2.05) is 12.1 Å². The molecule has 0 aliphatic heterocycles. The Morgan fingerprint density at radius 3 is 2.40 bits per heavy atom. The van der Waals surface area contributed by atoms with Gasteiger partial charge in [-0.15, -0.1) is 0 Å². The molecule has 2 N–H and O–H groups in total. The molecule has 0 radical (unpaired) electrons. The number of rotatable bonds is 7. The molecule has 0 bridgehead atoms. The maximum atomic E-state index is 12.4. The van der Waals surface area contributed by atoms with Crippen molar-refractivity contribution in [3.8, 4) is 5.75 Å². The number of phenols is 1. The van der Waals surface area contributed by atoms with Gasteiger partial charge < -0.3 is 10.0 Å². The molecule has 5 heteroatoms. The van der Waals surface area contributed by atoms with Crippen LogP contribution in [-0.4, -0.2) is 30.3 Å². The summed E-state index contributed by atoms with van der Waals surface area (Å²) < 4.78 is 0. The second-order valence-electron chi connectivity index (χ2n) is 8.97. The lowest BCUT2D eigenvalue weighted by Gasteiger charge is -2.21. The summed E-state index contributed by atoms with van der Waals surface area (Å²) >= 11 is 0. The number of carbonyl (C=O) groups excluding carboxylic acids is 1. The van der Waals surface area contributed by atoms with Crippen molar-refractivity contribution in [1.82, 2.24) is 5.43 Å². The topological polar surface area (TPSA) is 64.9 Å². The first-order valence-electron chi connectivity index (χ1n) is 10.8. The van der Waals surface area contributed by atoms with Gasteiger partial charge in [0.1, 0.15) is 5.75 Å². The molecule has 0 aromatic heterocycles. The first-order chi connectivity index (χ1) is 14.2. The van der Waals surface area contributed by atoms with Crippen LogP contribution in [0.3, 0.4) is 0 Å². The third-order valence-electron chi connectivity index (χ3n) is 5.85. The van der Waals surface area contributed by atoms with Crippen LogP contribution in [0, 0.1) is 5.92 Å². The molecule has 1 saturated carbocycles. The van der Waals surface area contributed by atoms with Crippen molar-refractivity contribution >= 4 is 17.8 Å². The standard InChI is InChI=1S/C25H33N3O2/c1-6-28(7-2)20-13-10-18(23(29)14-20)16-26-27-24(30)22-15-21(22)17-8-11-19(12-9-17)25(3,4)5/h8-14,16,21-22,29H,6-7,15H2,1-5H3,(H,27,30)/b26-16+/t21-,22-/m1/s1. The SMILES string of the molecule is CCN(CC)c1ccc(/C=N/NC(=O)[C@@H]2C[C@@H]2c2ccc(C(C)(C)C)cc2)c(O)c1. The van der Waals surface area contributed by atoms with E-state index in [4.69, 9.17) is 0 Å². The van der Waals surface area contributed by atoms with Crippen LogP contribution in [0.5, 0.6) is 5.75 Å². The van der Waals surface area contributed by atoms with Gasteiger partial charge in [0.15, 0.2) is 0 Å². The lowest BCUT2D eigenvalue weighted by atomic mass is 9.86. The summed E-state index contributed by atoms with van der Waals surface area (Å²) in [5.74, 6) is 0.299. The molecule has 1 amide bonds. The predicted molar refractivity (Wildman–Crippen MR) is 123 cm³/mol. The van der Waals surface area contributed by atoms with E-state index in [0.717, 1.165) is 25.2 Å². The third kappa shape index (κ3) is 5.02. The minimum atomic E-state index is -0.0737. The number of amides is 1. The summed E-state index contributed by atoms with van der Waals surface area (Å²) in [4.78, 5) is 14.6. The Morgan fingerprint density at radius 1 is 1.17 bits per heavy atom. The normalized spacial score (nSPS) is 18.4. The summed E-state index contributed by atoms with van der Waals surface area (Å²) in [5.41, 5.74) is 6.80. The Kier molecular flexibility index (Phi) is 6.49. The second-order valence-corrected chi connectivity index (χ2v) is 8.97. The summed E-state index contributed by atoms with van der Waals surface area (Å²) in [6.45, 7) is 12.5. The first kappa shape index (κ1) is 21.9. The number of hydrogen-bond donors (Lipinski definition) is 2. The summed E-state index contributed by atoms with van der Waals surface area (Å²) in [6, 6.07) is 14.1. The number of nitrogens with one attached hydrogen (secondary N) is 1. The zero-order chi connectivity index (χ0) is 21.9. The summed E-state index contributed by atoms with van der Waals surface area (Å²) in [5, 5.41) is 14.3. The third-order valence-corrected chi connectivity index (χ3v) is 5.85. The molecule has 5 nitrogen and oxygen atoms in total. The van der Waals surface area contributed by atoms with Gasteiger partial charge >= 0.3 is 0 Å². The van der Waals surface area contributed by atoms with E-state index in [0.29, 0.717) is 5.56 Å². The number of hydrogen-bond acceptors (Lipinski definition) is 4. The zero-order valence-corrected chi connectivity index (χ0v) is 18.6. The van der Waals surface area contributed by atoms with Crippen LogP contribution in [0.4, 0.5) is 5.69 Å². The molecule has 0 heterocycles. The first-order valence-corrected chi connectivity index (χ1v) is 10.8. The van der Waals surface area contributed by atoms with Crippen molar-refractivity contribution in [2.24, 2.45) is 11.0 Å². The van der Waals surface area contributed by atoms with Crippen molar-refractivity contribution in [3.63, 3.8) is 0 Å². The smallest absolute Gasteiger partial charge is 0.243 e. The quantitative estimate of drug-likeness (QED) is 0.512. The van der Waals surface area contributed by atoms with Gasteiger partial charge in [-0.05, 0) is 54.9 Å². The lowest BCUT2D eigenvalue weighted by Crippen LogP contribution is -2.21. The molecule has 3 rings (SSSR count). The largest absolute Gasteiger partial charge is 0.507 e. The fourth-order valence-electron chi connectivity index (χ4n) is 3.76. The Balaban J connectivity index is 1.56. The Labute approximate surface area is 179 Å². The highest BCUT2D eigenvalue weighted by atomic mass is 16.3. The van der Waals surface area contributed by atoms with E-state index in [1.165, 1.54) is 17.3 Å². The van der Waals surface area contributed by atoms with Crippen LogP contribution < -0.4 is 10.3 Å². The minimum absolute atomic E-state index is 0.0405. The van der Waals surface area contributed by atoms with Crippen molar-refractivity contribution in [1.29, 1.82) is 0 Å². The van der Waals surface area contributed by atoms with Crippen molar-refractivity contribution in [2.45, 2.75) is 52.4 Å². The molecule has 0 spiro atoms. The van der Waals surface area contributed by atoms with E-state index < -0.39 is 0 Å². The molecule has 1 aliphatic rings. The van der Waals surface area contributed by atoms with E-state index in [9.17, 15) is 9.90 Å². The highest BCUT2D eigenvalue weighted by molar-refractivity contribution is 5.87. The molecule has 1 aliphatic carbocycles. The molecule has 0 unspecified atom stereocenters. The molecule has 0 saturated heterocycles. The van der Waals surface area contributed by atoms with Crippen LogP contribution in [0.2, 0.25) is 0 Å². The van der Waals surface area contributed by atoms with Crippen LogP contribution in [0.15, 0.2) is 47.6 Å². The lowest BCUT2D eigenvalue weighted by molar-refractivity contribution is -0.122. The second kappa shape index (κ2) is 8.90. The number of nitrogens with zero attached hydrogens (tertiary/aromatic N) is 2. The number of aromatic hydroxyl groups is 1. The van der Waals surface area contributed by atoms with Gasteiger partial charge in [0.2, 0.25) is 5.91 Å². The molecular weight excluding hydrogens is 374 g/mol. The fourth-order valence-corrected chi connectivity index (χ4v) is 3.76. The number of anilines is 1. The van der Waals surface area contributed by atoms with E-state index in [-0.39, 0.29) is 28.9 Å². The van der Waals surface area contributed by atoms with Gasteiger partial charge in [0.25, 0.3) is 0 Å². The molecular formula is C25H33N3O2. The van der Waals surface area contributed by atoms with Crippen LogP contribution >= 0.6 is 0 Å². The van der Waals surface area contributed by atoms with Gasteiger partial charge in [-0.25, -0.2) is 5.43 Å². The van der Waals surface area contributed by atoms with Gasteiger partial charge in [0, 0.05) is 36.3 Å². The van der Waals surface area contributed by atoms with Crippen LogP contribution in [0.1, 0.15) is 63.6 Å². The molecule has 160 valence electrons. The maximum absolute atomic E-state index is 12.4. The van der Waals surface area contributed by atoms with Gasteiger partial charge in [-0.1, -0.05) is 45.0 Å². The number of benzene rings is 2. The van der Waals surface area contributed by atoms with Gasteiger partial charge in [-0.3, -0.25) is 4.79 Å². The van der Waals surface area contributed by atoms with Crippen molar-refractivity contribution in [2.75, 3.05) is 18.0 Å². The van der Waals surface area contributed by atoms with Crippen LogP contribution in [-0.2, 0) is 10.2 Å². The number of carbonyl (C=O) groups is 1. The highest BCUT2D eigenvalue weighted by Gasteiger charge is 2.44. The Hall–Kier alpha value is -2.82.